The Kier molecular flexibility index (Phi) is 4.37. The molecule has 2 atom stereocenters. The second kappa shape index (κ2) is 5.75. The van der Waals surface area contributed by atoms with Crippen LogP contribution >= 0.6 is 11.3 Å². The Balaban J connectivity index is 2.22. The molecule has 116 valence electrons. The lowest BCUT2D eigenvalue weighted by Crippen LogP contribution is -2.49. The van der Waals surface area contributed by atoms with Crippen LogP contribution in [-0.2, 0) is 10.2 Å². The molecule has 1 amide bonds. The topological polar surface area (TPSA) is 70.5 Å². The maximum absolute atomic E-state index is 12.6. The highest BCUT2D eigenvalue weighted by atomic mass is 32.1. The van der Waals surface area contributed by atoms with Gasteiger partial charge in [-0.1, -0.05) is 27.7 Å². The molecule has 21 heavy (non-hydrogen) atoms. The van der Waals surface area contributed by atoms with E-state index in [0.29, 0.717) is 24.6 Å². The first-order valence-electron chi connectivity index (χ1n) is 7.20. The number of carbonyl (C=O) groups excluding carboxylic acids is 1. The average molecular weight is 310 g/mol. The van der Waals surface area contributed by atoms with E-state index in [1.165, 1.54) is 16.2 Å². The Morgan fingerprint density at radius 3 is 2.62 bits per heavy atom. The second-order valence-corrected chi connectivity index (χ2v) is 7.63. The fraction of sp³-hybridized carbons (Fsp3) is 0.667. The SMILES string of the molecule is CC1CCN(C(=O)c2csc(C(C)(C)C)n2)C(C(=O)O)C1. The number of thiazole rings is 1. The Labute approximate surface area is 129 Å². The van der Waals surface area contributed by atoms with E-state index in [2.05, 4.69) is 4.98 Å². The predicted octanol–water partition coefficient (Wildman–Crippen LogP) is 2.77. The number of piperidine rings is 1. The van der Waals surface area contributed by atoms with Gasteiger partial charge in [-0.25, -0.2) is 9.78 Å². The van der Waals surface area contributed by atoms with Crippen LogP contribution in [0.1, 0.15) is 56.0 Å². The number of aromatic nitrogens is 1. The van der Waals surface area contributed by atoms with Crippen LogP contribution in [0.5, 0.6) is 0 Å². The molecule has 1 aliphatic rings. The smallest absolute Gasteiger partial charge is 0.326 e. The Hall–Kier alpha value is -1.43. The van der Waals surface area contributed by atoms with Gasteiger partial charge in [0.05, 0.1) is 5.01 Å². The summed E-state index contributed by atoms with van der Waals surface area (Å²) in [5.41, 5.74) is 0.261. The summed E-state index contributed by atoms with van der Waals surface area (Å²) >= 11 is 1.45. The Morgan fingerprint density at radius 2 is 2.10 bits per heavy atom. The zero-order valence-electron chi connectivity index (χ0n) is 12.9. The summed E-state index contributed by atoms with van der Waals surface area (Å²) in [6.45, 7) is 8.64. The molecule has 5 nitrogen and oxygen atoms in total. The maximum atomic E-state index is 12.6. The van der Waals surface area contributed by atoms with E-state index in [4.69, 9.17) is 0 Å². The van der Waals surface area contributed by atoms with Crippen LogP contribution in [-0.4, -0.2) is 39.5 Å². The minimum atomic E-state index is -0.929. The van der Waals surface area contributed by atoms with Crippen molar-refractivity contribution in [1.29, 1.82) is 0 Å². The zero-order chi connectivity index (χ0) is 15.8. The molecule has 1 aliphatic heterocycles. The Morgan fingerprint density at radius 1 is 1.43 bits per heavy atom. The summed E-state index contributed by atoms with van der Waals surface area (Å²) in [6.07, 6.45) is 1.35. The number of rotatable bonds is 2. The van der Waals surface area contributed by atoms with Crippen LogP contribution in [0.25, 0.3) is 0 Å². The van der Waals surface area contributed by atoms with Crippen LogP contribution in [0.3, 0.4) is 0 Å². The Bertz CT molecular complexity index is 547. The lowest BCUT2D eigenvalue weighted by Gasteiger charge is -2.35. The highest BCUT2D eigenvalue weighted by Crippen LogP contribution is 2.28. The normalized spacial score (nSPS) is 23.1. The van der Waals surface area contributed by atoms with Gasteiger partial charge in [-0.3, -0.25) is 4.79 Å². The molecule has 0 radical (unpaired) electrons. The highest BCUT2D eigenvalue weighted by Gasteiger charge is 2.36. The van der Waals surface area contributed by atoms with Crippen molar-refractivity contribution in [3.63, 3.8) is 0 Å². The van der Waals surface area contributed by atoms with Crippen LogP contribution in [0, 0.1) is 5.92 Å². The summed E-state index contributed by atoms with van der Waals surface area (Å²) in [6, 6.07) is -0.735. The molecule has 1 saturated heterocycles. The molecule has 1 fully saturated rings. The number of likely N-dealkylation sites (tertiary alicyclic amines) is 1. The van der Waals surface area contributed by atoms with E-state index < -0.39 is 12.0 Å². The molecule has 1 N–H and O–H groups in total. The molecule has 1 aromatic heterocycles. The second-order valence-electron chi connectivity index (χ2n) is 6.77. The van der Waals surface area contributed by atoms with Crippen molar-refractivity contribution in [2.24, 2.45) is 5.92 Å². The number of carboxylic acid groups (broad SMARTS) is 1. The van der Waals surface area contributed by atoms with Crippen molar-refractivity contribution in [2.45, 2.75) is 52.0 Å². The van der Waals surface area contributed by atoms with Crippen LogP contribution in [0.15, 0.2) is 5.38 Å². The van der Waals surface area contributed by atoms with Crippen molar-refractivity contribution in [3.05, 3.63) is 16.1 Å². The molecule has 1 aromatic rings. The first-order chi connectivity index (χ1) is 9.70. The fourth-order valence-electron chi connectivity index (χ4n) is 2.48. The molecule has 0 aliphatic carbocycles. The van der Waals surface area contributed by atoms with Gasteiger partial charge < -0.3 is 10.0 Å². The van der Waals surface area contributed by atoms with Gasteiger partial charge >= 0.3 is 5.97 Å². The van der Waals surface area contributed by atoms with Crippen LogP contribution in [0.4, 0.5) is 0 Å². The average Bonchev–Trinajstić information content (AvgIpc) is 2.87. The third-order valence-corrected chi connectivity index (χ3v) is 5.04. The minimum Gasteiger partial charge on any atom is -0.480 e. The van der Waals surface area contributed by atoms with Gasteiger partial charge in [0.25, 0.3) is 5.91 Å². The van der Waals surface area contributed by atoms with Gasteiger partial charge in [0.2, 0.25) is 0 Å². The van der Waals surface area contributed by atoms with E-state index in [9.17, 15) is 14.7 Å². The van der Waals surface area contributed by atoms with Gasteiger partial charge in [-0.2, -0.15) is 0 Å². The van der Waals surface area contributed by atoms with E-state index in [0.717, 1.165) is 11.4 Å². The van der Waals surface area contributed by atoms with Crippen molar-refractivity contribution in [3.8, 4) is 0 Å². The van der Waals surface area contributed by atoms with Crippen molar-refractivity contribution < 1.29 is 14.7 Å². The van der Waals surface area contributed by atoms with E-state index >= 15 is 0 Å². The maximum Gasteiger partial charge on any atom is 0.326 e. The number of hydrogen-bond donors (Lipinski definition) is 1. The van der Waals surface area contributed by atoms with Crippen molar-refractivity contribution >= 4 is 23.2 Å². The highest BCUT2D eigenvalue weighted by molar-refractivity contribution is 7.10. The molecular weight excluding hydrogens is 288 g/mol. The van der Waals surface area contributed by atoms with Gasteiger partial charge in [-0.05, 0) is 18.8 Å². The monoisotopic (exact) mass is 310 g/mol. The molecule has 2 heterocycles. The van der Waals surface area contributed by atoms with E-state index in [-0.39, 0.29) is 11.3 Å². The number of hydrogen-bond acceptors (Lipinski definition) is 4. The fourth-order valence-corrected chi connectivity index (χ4v) is 3.36. The quantitative estimate of drug-likeness (QED) is 0.912. The molecule has 0 aromatic carbocycles. The molecule has 0 saturated carbocycles. The third kappa shape index (κ3) is 3.43. The van der Waals surface area contributed by atoms with Crippen molar-refractivity contribution in [2.75, 3.05) is 6.54 Å². The molecule has 6 heteroatoms. The number of amides is 1. The number of aliphatic carboxylic acids is 1. The first-order valence-corrected chi connectivity index (χ1v) is 8.08. The van der Waals surface area contributed by atoms with Gasteiger partial charge in [0.15, 0.2) is 0 Å². The largest absolute Gasteiger partial charge is 0.480 e. The van der Waals surface area contributed by atoms with Gasteiger partial charge in [0.1, 0.15) is 11.7 Å². The lowest BCUT2D eigenvalue weighted by molar-refractivity contribution is -0.144. The minimum absolute atomic E-state index is 0.105. The van der Waals surface area contributed by atoms with Crippen LogP contribution < -0.4 is 0 Å². The van der Waals surface area contributed by atoms with Crippen molar-refractivity contribution in [1.82, 2.24) is 9.88 Å². The molecule has 2 unspecified atom stereocenters. The van der Waals surface area contributed by atoms with E-state index in [1.807, 2.05) is 27.7 Å². The molecule has 0 spiro atoms. The number of carbonyl (C=O) groups is 2. The summed E-state index contributed by atoms with van der Waals surface area (Å²) in [4.78, 5) is 29.8. The molecular formula is C15H22N2O3S. The lowest BCUT2D eigenvalue weighted by atomic mass is 9.92. The van der Waals surface area contributed by atoms with Crippen LogP contribution in [0.2, 0.25) is 0 Å². The van der Waals surface area contributed by atoms with Gasteiger partial charge in [-0.15, -0.1) is 11.3 Å². The van der Waals surface area contributed by atoms with Gasteiger partial charge in [0, 0.05) is 17.3 Å². The molecule has 2 rings (SSSR count). The summed E-state index contributed by atoms with van der Waals surface area (Å²) in [5.74, 6) is -0.863. The number of carboxylic acids is 1. The predicted molar refractivity (Wildman–Crippen MR) is 81.7 cm³/mol. The standard InChI is InChI=1S/C15H22N2O3S/c1-9-5-6-17(11(7-9)13(19)20)12(18)10-8-21-14(16-10)15(2,3)4/h8-9,11H,5-7H2,1-4H3,(H,19,20). The summed E-state index contributed by atoms with van der Waals surface area (Å²) in [5, 5.41) is 12.0. The summed E-state index contributed by atoms with van der Waals surface area (Å²) < 4.78 is 0. The first kappa shape index (κ1) is 15.9. The summed E-state index contributed by atoms with van der Waals surface area (Å²) in [7, 11) is 0. The third-order valence-electron chi connectivity index (χ3n) is 3.78. The number of nitrogens with zero attached hydrogens (tertiary/aromatic N) is 2. The van der Waals surface area contributed by atoms with E-state index in [1.54, 1.807) is 5.38 Å². The zero-order valence-corrected chi connectivity index (χ0v) is 13.7. The molecule has 0 bridgehead atoms.